The number of benzene rings is 1. The van der Waals surface area contributed by atoms with Crippen molar-refractivity contribution in [1.29, 1.82) is 0 Å². The van der Waals surface area contributed by atoms with Crippen molar-refractivity contribution in [2.45, 2.75) is 25.8 Å². The summed E-state index contributed by atoms with van der Waals surface area (Å²) in [5.74, 6) is -3.74. The van der Waals surface area contributed by atoms with Crippen molar-refractivity contribution in [3.63, 3.8) is 0 Å². The molecule has 19 heavy (non-hydrogen) atoms. The normalized spacial score (nSPS) is 12.0. The van der Waals surface area contributed by atoms with E-state index in [0.717, 1.165) is 6.07 Å². The fraction of sp³-hybridized carbons (Fsp3) is 0.333. The van der Waals surface area contributed by atoms with Gasteiger partial charge in [-0.25, -0.2) is 8.78 Å². The van der Waals surface area contributed by atoms with Gasteiger partial charge >= 0.3 is 0 Å². The quantitative estimate of drug-likeness (QED) is 0.748. The lowest BCUT2D eigenvalue weighted by Gasteiger charge is -2.12. The number of nitrogens with one attached hydrogen (secondary N) is 1. The van der Waals surface area contributed by atoms with Crippen LogP contribution in [0.15, 0.2) is 12.1 Å². The molecule has 0 saturated heterocycles. The van der Waals surface area contributed by atoms with Crippen molar-refractivity contribution in [1.82, 2.24) is 0 Å². The molecule has 0 bridgehead atoms. The largest absolute Gasteiger partial charge is 0.366 e. The van der Waals surface area contributed by atoms with Crippen LogP contribution < -0.4 is 16.8 Å². The minimum Gasteiger partial charge on any atom is -0.366 e. The van der Waals surface area contributed by atoms with Crippen LogP contribution in [0.3, 0.4) is 0 Å². The topological polar surface area (TPSA) is 98.2 Å². The van der Waals surface area contributed by atoms with E-state index >= 15 is 0 Å². The third-order valence-electron chi connectivity index (χ3n) is 2.52. The summed E-state index contributed by atoms with van der Waals surface area (Å²) >= 11 is 0. The summed E-state index contributed by atoms with van der Waals surface area (Å²) in [4.78, 5) is 22.5. The predicted octanol–water partition coefficient (Wildman–Crippen LogP) is 1.13. The lowest BCUT2D eigenvalue weighted by molar-refractivity contribution is -0.117. The van der Waals surface area contributed by atoms with Crippen LogP contribution in [-0.2, 0) is 4.79 Å². The fourth-order valence-electron chi connectivity index (χ4n) is 1.50. The maximum absolute atomic E-state index is 13.5. The number of carbonyl (C=O) groups excluding carboxylic acids is 2. The standard InChI is InChI=1S/C12H15F2N3O2/c1-2-3-9(15)12(19)17-10-4-6(11(16)18)7(13)5-8(10)14/h4-5,9H,2-3,15H2,1H3,(H2,16,18)(H,17,19). The van der Waals surface area contributed by atoms with Crippen molar-refractivity contribution in [3.8, 4) is 0 Å². The summed E-state index contributed by atoms with van der Waals surface area (Å²) in [6, 6.07) is 0.538. The second-order valence-electron chi connectivity index (χ2n) is 4.06. The zero-order valence-corrected chi connectivity index (χ0v) is 10.4. The van der Waals surface area contributed by atoms with Gasteiger partial charge in [-0.05, 0) is 12.5 Å². The molecule has 5 N–H and O–H groups in total. The first-order valence-electron chi connectivity index (χ1n) is 5.72. The van der Waals surface area contributed by atoms with E-state index in [1.807, 2.05) is 6.92 Å². The first-order chi connectivity index (χ1) is 8.86. The van der Waals surface area contributed by atoms with Gasteiger partial charge in [-0.15, -0.1) is 0 Å². The van der Waals surface area contributed by atoms with Gasteiger partial charge in [0.15, 0.2) is 0 Å². The number of nitrogens with two attached hydrogens (primary N) is 2. The molecule has 0 aliphatic rings. The number of rotatable bonds is 5. The van der Waals surface area contributed by atoms with Gasteiger partial charge in [0, 0.05) is 6.07 Å². The SMILES string of the molecule is CCCC(N)C(=O)Nc1cc(C(N)=O)c(F)cc1F. The molecule has 1 aromatic rings. The third-order valence-corrected chi connectivity index (χ3v) is 2.52. The molecule has 1 unspecified atom stereocenters. The van der Waals surface area contributed by atoms with Crippen LogP contribution in [0.5, 0.6) is 0 Å². The molecule has 0 radical (unpaired) electrons. The van der Waals surface area contributed by atoms with Crippen molar-refractivity contribution >= 4 is 17.5 Å². The molecule has 0 aliphatic heterocycles. The van der Waals surface area contributed by atoms with E-state index in [-0.39, 0.29) is 5.69 Å². The number of hydrogen-bond donors (Lipinski definition) is 3. The summed E-state index contributed by atoms with van der Waals surface area (Å²) in [5, 5.41) is 2.20. The smallest absolute Gasteiger partial charge is 0.251 e. The van der Waals surface area contributed by atoms with E-state index in [1.165, 1.54) is 0 Å². The first kappa shape index (κ1) is 15.0. The van der Waals surface area contributed by atoms with Gasteiger partial charge in [0.25, 0.3) is 5.91 Å². The highest BCUT2D eigenvalue weighted by Gasteiger charge is 2.18. The minimum absolute atomic E-state index is 0.327. The summed E-state index contributed by atoms with van der Waals surface area (Å²) in [7, 11) is 0. The van der Waals surface area contributed by atoms with E-state index in [1.54, 1.807) is 0 Å². The van der Waals surface area contributed by atoms with Crippen LogP contribution in [0.1, 0.15) is 30.1 Å². The second kappa shape index (κ2) is 6.24. The maximum atomic E-state index is 13.5. The predicted molar refractivity (Wildman–Crippen MR) is 66.4 cm³/mol. The lowest BCUT2D eigenvalue weighted by Crippen LogP contribution is -2.35. The zero-order chi connectivity index (χ0) is 14.6. The maximum Gasteiger partial charge on any atom is 0.251 e. The molecule has 0 fully saturated rings. The van der Waals surface area contributed by atoms with E-state index in [0.29, 0.717) is 18.9 Å². The molecular weight excluding hydrogens is 256 g/mol. The molecule has 0 heterocycles. The number of halogens is 2. The molecule has 0 aliphatic carbocycles. The monoisotopic (exact) mass is 271 g/mol. The van der Waals surface area contributed by atoms with Crippen LogP contribution in [0.25, 0.3) is 0 Å². The first-order valence-corrected chi connectivity index (χ1v) is 5.72. The Bertz CT molecular complexity index is 506. The second-order valence-corrected chi connectivity index (χ2v) is 4.06. The molecule has 104 valence electrons. The molecule has 5 nitrogen and oxygen atoms in total. The highest BCUT2D eigenvalue weighted by molar-refractivity contribution is 5.98. The van der Waals surface area contributed by atoms with Crippen LogP contribution in [0.4, 0.5) is 14.5 Å². The highest BCUT2D eigenvalue weighted by atomic mass is 19.1. The Morgan fingerprint density at radius 2 is 1.95 bits per heavy atom. The Hall–Kier alpha value is -2.02. The van der Waals surface area contributed by atoms with E-state index in [2.05, 4.69) is 5.32 Å². The number of hydrogen-bond acceptors (Lipinski definition) is 3. The molecule has 2 amide bonds. The number of carbonyl (C=O) groups is 2. The molecule has 0 saturated carbocycles. The van der Waals surface area contributed by atoms with Crippen LogP contribution in [-0.4, -0.2) is 17.9 Å². The lowest BCUT2D eigenvalue weighted by atomic mass is 10.1. The Kier molecular flexibility index (Phi) is 4.94. The van der Waals surface area contributed by atoms with Gasteiger partial charge < -0.3 is 16.8 Å². The Labute approximate surface area is 109 Å². The van der Waals surface area contributed by atoms with Crippen molar-refractivity contribution < 1.29 is 18.4 Å². The molecule has 7 heteroatoms. The number of amides is 2. The number of primary amides is 1. The Balaban J connectivity index is 2.98. The minimum atomic E-state index is -1.08. The molecule has 1 rings (SSSR count). The summed E-state index contributed by atoms with van der Waals surface area (Å²) in [5.41, 5.74) is 9.66. The van der Waals surface area contributed by atoms with Crippen LogP contribution in [0, 0.1) is 11.6 Å². The number of anilines is 1. The molecular formula is C12H15F2N3O2. The van der Waals surface area contributed by atoms with Gasteiger partial charge in [-0.2, -0.15) is 0 Å². The summed E-state index contributed by atoms with van der Waals surface area (Å²) < 4.78 is 26.7. The van der Waals surface area contributed by atoms with E-state index in [9.17, 15) is 18.4 Å². The molecule has 0 aromatic heterocycles. The molecule has 0 spiro atoms. The van der Waals surface area contributed by atoms with Gasteiger partial charge in [-0.3, -0.25) is 9.59 Å². The van der Waals surface area contributed by atoms with Crippen molar-refractivity contribution in [3.05, 3.63) is 29.3 Å². The zero-order valence-electron chi connectivity index (χ0n) is 10.4. The molecule has 1 atom stereocenters. The van der Waals surface area contributed by atoms with Crippen molar-refractivity contribution in [2.75, 3.05) is 5.32 Å². The average Bonchev–Trinajstić information content (AvgIpc) is 2.32. The van der Waals surface area contributed by atoms with Gasteiger partial charge in [-0.1, -0.05) is 13.3 Å². The Morgan fingerprint density at radius 3 is 2.47 bits per heavy atom. The fourth-order valence-corrected chi connectivity index (χ4v) is 1.50. The van der Waals surface area contributed by atoms with Gasteiger partial charge in [0.2, 0.25) is 5.91 Å². The van der Waals surface area contributed by atoms with Crippen LogP contribution in [0.2, 0.25) is 0 Å². The molecule has 1 aromatic carbocycles. The van der Waals surface area contributed by atoms with E-state index < -0.39 is 35.1 Å². The van der Waals surface area contributed by atoms with E-state index in [4.69, 9.17) is 11.5 Å². The Morgan fingerprint density at radius 1 is 1.32 bits per heavy atom. The highest BCUT2D eigenvalue weighted by Crippen LogP contribution is 2.19. The summed E-state index contributed by atoms with van der Waals surface area (Å²) in [6.45, 7) is 1.84. The van der Waals surface area contributed by atoms with Gasteiger partial charge in [0.1, 0.15) is 11.6 Å². The van der Waals surface area contributed by atoms with Gasteiger partial charge in [0.05, 0.1) is 17.3 Å². The van der Waals surface area contributed by atoms with Crippen molar-refractivity contribution in [2.24, 2.45) is 11.5 Å². The summed E-state index contributed by atoms with van der Waals surface area (Å²) in [6.07, 6.45) is 1.12. The van der Waals surface area contributed by atoms with Crippen LogP contribution >= 0.6 is 0 Å². The average molecular weight is 271 g/mol. The third kappa shape index (κ3) is 3.72.